The molecule has 2 heteroatoms. The third-order valence-electron chi connectivity index (χ3n) is 11.7. The van der Waals surface area contributed by atoms with Crippen LogP contribution in [-0.2, 0) is 0 Å². The Bertz CT molecular complexity index is 3400. The molecule has 0 amide bonds. The first kappa shape index (κ1) is 29.4. The van der Waals surface area contributed by atoms with Crippen molar-refractivity contribution in [2.45, 2.75) is 0 Å². The molecule has 0 saturated carbocycles. The highest BCUT2D eigenvalue weighted by Crippen LogP contribution is 2.42. The molecule has 2 nitrogen and oxygen atoms in total. The van der Waals surface area contributed by atoms with Crippen molar-refractivity contribution in [3.05, 3.63) is 194 Å². The zero-order valence-corrected chi connectivity index (χ0v) is 29.4. The minimum atomic E-state index is 1.16. The van der Waals surface area contributed by atoms with Gasteiger partial charge >= 0.3 is 0 Å². The average molecular weight is 685 g/mol. The fraction of sp³-hybridized carbons (Fsp3) is 0. The summed E-state index contributed by atoms with van der Waals surface area (Å²) in [5, 5.41) is 15.3. The predicted molar refractivity (Wildman–Crippen MR) is 231 cm³/mol. The molecule has 250 valence electrons. The number of para-hydroxylation sites is 1. The summed E-state index contributed by atoms with van der Waals surface area (Å²) >= 11 is 0. The monoisotopic (exact) mass is 684 g/mol. The third-order valence-corrected chi connectivity index (χ3v) is 11.7. The minimum Gasteiger partial charge on any atom is -0.309 e. The minimum absolute atomic E-state index is 1.16. The van der Waals surface area contributed by atoms with Crippen LogP contribution in [0.3, 0.4) is 0 Å². The molecule has 0 N–H and O–H groups in total. The Kier molecular flexibility index (Phi) is 6.09. The highest BCUT2D eigenvalue weighted by molar-refractivity contribution is 6.28. The predicted octanol–water partition coefficient (Wildman–Crippen LogP) is 14.2. The van der Waals surface area contributed by atoms with Crippen molar-refractivity contribution in [2.75, 3.05) is 0 Å². The summed E-state index contributed by atoms with van der Waals surface area (Å²) in [4.78, 5) is 0. The highest BCUT2D eigenvalue weighted by Gasteiger charge is 2.19. The van der Waals surface area contributed by atoms with E-state index in [0.717, 1.165) is 5.69 Å². The van der Waals surface area contributed by atoms with Gasteiger partial charge in [0.2, 0.25) is 0 Å². The van der Waals surface area contributed by atoms with E-state index in [1.54, 1.807) is 0 Å². The molecule has 12 rings (SSSR count). The first-order valence-corrected chi connectivity index (χ1v) is 18.7. The lowest BCUT2D eigenvalue weighted by molar-refractivity contribution is 1.18. The topological polar surface area (TPSA) is 9.86 Å². The van der Waals surface area contributed by atoms with Gasteiger partial charge in [0, 0.05) is 32.6 Å². The van der Waals surface area contributed by atoms with Gasteiger partial charge in [-0.3, -0.25) is 0 Å². The van der Waals surface area contributed by atoms with Gasteiger partial charge in [-0.05, 0) is 97.4 Å². The molecule has 12 aromatic rings. The molecule has 0 saturated heterocycles. The Hall–Kier alpha value is -7.16. The molecule has 0 aliphatic carbocycles. The molecular weight excluding hydrogens is 653 g/mol. The van der Waals surface area contributed by atoms with Gasteiger partial charge in [-0.25, -0.2) is 0 Å². The van der Waals surface area contributed by atoms with Crippen molar-refractivity contribution in [3.63, 3.8) is 0 Å². The van der Waals surface area contributed by atoms with Gasteiger partial charge in [-0.15, -0.1) is 0 Å². The Morgan fingerprint density at radius 2 is 0.759 bits per heavy atom. The normalized spacial score (nSPS) is 12.1. The van der Waals surface area contributed by atoms with E-state index in [-0.39, 0.29) is 0 Å². The maximum absolute atomic E-state index is 2.46. The van der Waals surface area contributed by atoms with E-state index >= 15 is 0 Å². The largest absolute Gasteiger partial charge is 0.309 e. The summed E-state index contributed by atoms with van der Waals surface area (Å²) in [6.07, 6.45) is 0. The molecule has 0 aliphatic rings. The second-order valence-corrected chi connectivity index (χ2v) is 14.5. The number of hydrogen-bond donors (Lipinski definition) is 0. The molecule has 0 spiro atoms. The van der Waals surface area contributed by atoms with Crippen molar-refractivity contribution in [2.24, 2.45) is 0 Å². The van der Waals surface area contributed by atoms with Crippen LogP contribution in [0.15, 0.2) is 194 Å². The highest BCUT2D eigenvalue weighted by atomic mass is 15.0. The number of hydrogen-bond acceptors (Lipinski definition) is 0. The van der Waals surface area contributed by atoms with Gasteiger partial charge in [0.15, 0.2) is 0 Å². The fourth-order valence-corrected chi connectivity index (χ4v) is 9.26. The van der Waals surface area contributed by atoms with Crippen LogP contribution in [0, 0.1) is 0 Å². The maximum Gasteiger partial charge on any atom is 0.0547 e. The lowest BCUT2D eigenvalue weighted by Crippen LogP contribution is -1.96. The van der Waals surface area contributed by atoms with E-state index in [2.05, 4.69) is 203 Å². The van der Waals surface area contributed by atoms with Gasteiger partial charge in [0.25, 0.3) is 0 Å². The standard InChI is InChI=1S/C52H32N2/c1-5-15-40-34(11-1)23-29-48-51(40)52-41-16-6-2-12-35(41)24-30-49(52)53(48)38-26-21-33(22-27-38)36-25-28-47-45(31-36)44-19-9-10-20-46(44)54(47)50-32-37-13-3-4-14-39(37)42-17-7-8-18-43(42)50/h1-32H. The number of fused-ring (bicyclic) bond motifs is 13. The van der Waals surface area contributed by atoms with E-state index in [1.165, 1.54) is 104 Å². The molecule has 54 heavy (non-hydrogen) atoms. The molecule has 0 unspecified atom stereocenters. The zero-order chi connectivity index (χ0) is 35.3. The number of rotatable bonds is 3. The number of benzene rings is 10. The van der Waals surface area contributed by atoms with Crippen molar-refractivity contribution >= 4 is 86.7 Å². The summed E-state index contributed by atoms with van der Waals surface area (Å²) in [5.41, 5.74) is 9.65. The van der Waals surface area contributed by atoms with E-state index in [4.69, 9.17) is 0 Å². The molecular formula is C52H32N2. The van der Waals surface area contributed by atoms with Crippen LogP contribution < -0.4 is 0 Å². The lowest BCUT2D eigenvalue weighted by Gasteiger charge is -2.14. The van der Waals surface area contributed by atoms with E-state index in [9.17, 15) is 0 Å². The molecule has 2 heterocycles. The molecule has 0 aliphatic heterocycles. The lowest BCUT2D eigenvalue weighted by atomic mass is 10.00. The van der Waals surface area contributed by atoms with Crippen LogP contribution in [0.5, 0.6) is 0 Å². The molecule has 10 aromatic carbocycles. The van der Waals surface area contributed by atoms with Crippen molar-refractivity contribution < 1.29 is 0 Å². The van der Waals surface area contributed by atoms with Crippen molar-refractivity contribution in [1.82, 2.24) is 9.13 Å². The molecule has 0 fully saturated rings. The van der Waals surface area contributed by atoms with Crippen molar-refractivity contribution in [1.29, 1.82) is 0 Å². The van der Waals surface area contributed by atoms with Gasteiger partial charge in [-0.1, -0.05) is 146 Å². The molecule has 0 bridgehead atoms. The van der Waals surface area contributed by atoms with Crippen molar-refractivity contribution in [3.8, 4) is 22.5 Å². The van der Waals surface area contributed by atoms with Crippen LogP contribution in [0.2, 0.25) is 0 Å². The first-order chi connectivity index (χ1) is 26.8. The van der Waals surface area contributed by atoms with Crippen LogP contribution in [0.4, 0.5) is 0 Å². The zero-order valence-electron chi connectivity index (χ0n) is 29.4. The van der Waals surface area contributed by atoms with Gasteiger partial charge in [0.1, 0.15) is 0 Å². The van der Waals surface area contributed by atoms with Crippen LogP contribution >= 0.6 is 0 Å². The number of aromatic nitrogens is 2. The van der Waals surface area contributed by atoms with Gasteiger partial charge < -0.3 is 9.13 Å². The fourth-order valence-electron chi connectivity index (χ4n) is 9.26. The van der Waals surface area contributed by atoms with Crippen LogP contribution in [-0.4, -0.2) is 9.13 Å². The Morgan fingerprint density at radius 3 is 1.44 bits per heavy atom. The summed E-state index contributed by atoms with van der Waals surface area (Å²) < 4.78 is 4.90. The third kappa shape index (κ3) is 4.11. The number of nitrogens with zero attached hydrogens (tertiary/aromatic N) is 2. The Labute approximate surface area is 311 Å². The summed E-state index contributed by atoms with van der Waals surface area (Å²) in [6, 6.07) is 71.5. The van der Waals surface area contributed by atoms with Crippen LogP contribution in [0.1, 0.15) is 0 Å². The van der Waals surface area contributed by atoms with Crippen LogP contribution in [0.25, 0.3) is 109 Å². The second-order valence-electron chi connectivity index (χ2n) is 14.5. The van der Waals surface area contributed by atoms with Gasteiger partial charge in [-0.2, -0.15) is 0 Å². The molecule has 2 aromatic heterocycles. The van der Waals surface area contributed by atoms with E-state index < -0.39 is 0 Å². The summed E-state index contributed by atoms with van der Waals surface area (Å²) in [6.45, 7) is 0. The molecule has 0 radical (unpaired) electrons. The first-order valence-electron chi connectivity index (χ1n) is 18.7. The summed E-state index contributed by atoms with van der Waals surface area (Å²) in [7, 11) is 0. The Balaban J connectivity index is 1.04. The Morgan fingerprint density at radius 1 is 0.259 bits per heavy atom. The van der Waals surface area contributed by atoms with E-state index in [0.29, 0.717) is 0 Å². The maximum atomic E-state index is 2.46. The quantitative estimate of drug-likeness (QED) is 0.164. The average Bonchev–Trinajstić information content (AvgIpc) is 3.76. The summed E-state index contributed by atoms with van der Waals surface area (Å²) in [5.74, 6) is 0. The molecule has 0 atom stereocenters. The smallest absolute Gasteiger partial charge is 0.0547 e. The van der Waals surface area contributed by atoms with Gasteiger partial charge in [0.05, 0.1) is 27.8 Å². The van der Waals surface area contributed by atoms with E-state index in [1.807, 2.05) is 0 Å². The second kappa shape index (κ2) is 11.2. The SMILES string of the molecule is c1ccc2c(c1)cc(-n1c3ccccc3c3cc(-c4ccc(-n5c6ccc7ccccc7c6c6c7ccccc7ccc65)cc4)ccc31)c1ccccc12.